The molecule has 1 heterocycles. The van der Waals surface area contributed by atoms with E-state index in [0.717, 1.165) is 29.8 Å². The lowest BCUT2D eigenvalue weighted by Crippen LogP contribution is -2.24. The summed E-state index contributed by atoms with van der Waals surface area (Å²) in [6, 6.07) is 7.83. The molecule has 0 unspecified atom stereocenters. The van der Waals surface area contributed by atoms with Crippen LogP contribution in [0, 0.1) is 0 Å². The molecule has 7 heteroatoms. The van der Waals surface area contributed by atoms with Gasteiger partial charge in [0.2, 0.25) is 5.91 Å². The number of carbonyl (C=O) groups is 1. The minimum atomic E-state index is 0. The molecule has 2 aromatic rings. The van der Waals surface area contributed by atoms with Gasteiger partial charge in [0.1, 0.15) is 5.82 Å². The number of para-hydroxylation sites is 2. The van der Waals surface area contributed by atoms with E-state index in [-0.39, 0.29) is 30.7 Å². The molecule has 3 N–H and O–H groups in total. The molecule has 0 atom stereocenters. The highest BCUT2D eigenvalue weighted by Crippen LogP contribution is 2.09. The van der Waals surface area contributed by atoms with E-state index in [1.807, 2.05) is 31.3 Å². The molecule has 112 valence electrons. The minimum absolute atomic E-state index is 0. The summed E-state index contributed by atoms with van der Waals surface area (Å²) in [6.07, 6.45) is 1.39. The van der Waals surface area contributed by atoms with E-state index in [1.54, 1.807) is 0 Å². The molecule has 0 saturated carbocycles. The molecule has 0 saturated heterocycles. The SMILES string of the molecule is CNCCCC(=O)NCc1nc2ccccc2[nH]1.Cl.Cl. The first kappa shape index (κ1) is 18.7. The normalized spacial score (nSPS) is 9.65. The van der Waals surface area contributed by atoms with Crippen LogP contribution < -0.4 is 10.6 Å². The van der Waals surface area contributed by atoms with Crippen molar-refractivity contribution in [2.24, 2.45) is 0 Å². The zero-order valence-corrected chi connectivity index (χ0v) is 12.9. The van der Waals surface area contributed by atoms with Gasteiger partial charge in [-0.2, -0.15) is 0 Å². The van der Waals surface area contributed by atoms with Gasteiger partial charge in [-0.1, -0.05) is 12.1 Å². The van der Waals surface area contributed by atoms with Crippen LogP contribution in [-0.4, -0.2) is 29.5 Å². The van der Waals surface area contributed by atoms with Crippen LogP contribution in [-0.2, 0) is 11.3 Å². The molecule has 20 heavy (non-hydrogen) atoms. The van der Waals surface area contributed by atoms with Crippen LogP contribution in [0.4, 0.5) is 0 Å². The number of aromatic nitrogens is 2. The topological polar surface area (TPSA) is 69.8 Å². The first-order chi connectivity index (χ1) is 8.79. The van der Waals surface area contributed by atoms with Crippen LogP contribution >= 0.6 is 24.8 Å². The fraction of sp³-hybridized carbons (Fsp3) is 0.385. The zero-order chi connectivity index (χ0) is 12.8. The van der Waals surface area contributed by atoms with Crippen molar-refractivity contribution < 1.29 is 4.79 Å². The van der Waals surface area contributed by atoms with Gasteiger partial charge in [0.05, 0.1) is 17.6 Å². The minimum Gasteiger partial charge on any atom is -0.349 e. The van der Waals surface area contributed by atoms with Crippen LogP contribution in [0.2, 0.25) is 0 Å². The standard InChI is InChI=1S/C13H18N4O.2ClH/c1-14-8-4-7-13(18)15-9-12-16-10-5-2-3-6-11(10)17-12;;/h2-3,5-6,14H,4,7-9H2,1H3,(H,15,18)(H,16,17);2*1H. The molecule has 0 aliphatic heterocycles. The van der Waals surface area contributed by atoms with Crippen molar-refractivity contribution in [2.45, 2.75) is 19.4 Å². The van der Waals surface area contributed by atoms with E-state index in [2.05, 4.69) is 20.6 Å². The van der Waals surface area contributed by atoms with Gasteiger partial charge in [-0.25, -0.2) is 4.98 Å². The Bertz CT molecular complexity index is 497. The van der Waals surface area contributed by atoms with Gasteiger partial charge in [0.15, 0.2) is 0 Å². The average Bonchev–Trinajstić information content (AvgIpc) is 2.79. The predicted molar refractivity (Wildman–Crippen MR) is 85.6 cm³/mol. The van der Waals surface area contributed by atoms with E-state index in [0.29, 0.717) is 13.0 Å². The van der Waals surface area contributed by atoms with Gasteiger partial charge >= 0.3 is 0 Å². The second-order valence-corrected chi connectivity index (χ2v) is 4.18. The van der Waals surface area contributed by atoms with Gasteiger partial charge in [-0.05, 0) is 32.1 Å². The quantitative estimate of drug-likeness (QED) is 0.714. The van der Waals surface area contributed by atoms with Gasteiger partial charge in [0, 0.05) is 6.42 Å². The Balaban J connectivity index is 0.00000180. The Morgan fingerprint density at radius 1 is 1.30 bits per heavy atom. The van der Waals surface area contributed by atoms with Gasteiger partial charge in [-0.3, -0.25) is 4.79 Å². The summed E-state index contributed by atoms with van der Waals surface area (Å²) in [5, 5.41) is 5.87. The van der Waals surface area contributed by atoms with Crippen molar-refractivity contribution in [1.82, 2.24) is 20.6 Å². The molecule has 0 spiro atoms. The first-order valence-electron chi connectivity index (χ1n) is 6.14. The van der Waals surface area contributed by atoms with Crippen molar-refractivity contribution in [2.75, 3.05) is 13.6 Å². The monoisotopic (exact) mass is 318 g/mol. The summed E-state index contributed by atoms with van der Waals surface area (Å²) in [5.41, 5.74) is 1.92. The van der Waals surface area contributed by atoms with Crippen LogP contribution in [0.5, 0.6) is 0 Å². The maximum atomic E-state index is 11.5. The van der Waals surface area contributed by atoms with Crippen molar-refractivity contribution in [3.05, 3.63) is 30.1 Å². The number of carbonyl (C=O) groups excluding carboxylic acids is 1. The third-order valence-corrected chi connectivity index (χ3v) is 2.72. The Kier molecular flexibility index (Phi) is 8.96. The van der Waals surface area contributed by atoms with Crippen LogP contribution in [0.3, 0.4) is 0 Å². The highest BCUT2D eigenvalue weighted by Gasteiger charge is 2.04. The number of H-pyrrole nitrogens is 1. The number of benzene rings is 1. The number of nitrogens with zero attached hydrogens (tertiary/aromatic N) is 1. The summed E-state index contributed by atoms with van der Waals surface area (Å²) in [5.74, 6) is 0.851. The van der Waals surface area contributed by atoms with Gasteiger partial charge < -0.3 is 15.6 Å². The van der Waals surface area contributed by atoms with Crippen LogP contribution in [0.25, 0.3) is 11.0 Å². The summed E-state index contributed by atoms with van der Waals surface area (Å²) in [4.78, 5) is 19.1. The van der Waals surface area contributed by atoms with Crippen molar-refractivity contribution in [3.8, 4) is 0 Å². The second kappa shape index (κ2) is 9.58. The van der Waals surface area contributed by atoms with E-state index < -0.39 is 0 Å². The smallest absolute Gasteiger partial charge is 0.220 e. The number of imidazole rings is 1. The molecule has 0 aliphatic rings. The summed E-state index contributed by atoms with van der Waals surface area (Å²) >= 11 is 0. The summed E-state index contributed by atoms with van der Waals surface area (Å²) in [7, 11) is 1.88. The number of aromatic amines is 1. The maximum absolute atomic E-state index is 11.5. The second-order valence-electron chi connectivity index (χ2n) is 4.18. The number of fused-ring (bicyclic) bond motifs is 1. The number of hydrogen-bond acceptors (Lipinski definition) is 3. The lowest BCUT2D eigenvalue weighted by molar-refractivity contribution is -0.121. The lowest BCUT2D eigenvalue weighted by Gasteiger charge is -2.02. The van der Waals surface area contributed by atoms with Crippen molar-refractivity contribution in [1.29, 1.82) is 0 Å². The molecule has 0 fully saturated rings. The molecule has 2 rings (SSSR count). The zero-order valence-electron chi connectivity index (χ0n) is 11.3. The third kappa shape index (κ3) is 5.36. The molecular weight excluding hydrogens is 299 g/mol. The number of halogens is 2. The average molecular weight is 319 g/mol. The van der Waals surface area contributed by atoms with Crippen molar-refractivity contribution >= 4 is 41.8 Å². The molecule has 0 radical (unpaired) electrons. The molecule has 0 aliphatic carbocycles. The highest BCUT2D eigenvalue weighted by molar-refractivity contribution is 5.85. The molecular formula is C13H20Cl2N4O. The van der Waals surface area contributed by atoms with Crippen LogP contribution in [0.15, 0.2) is 24.3 Å². The summed E-state index contributed by atoms with van der Waals surface area (Å²) < 4.78 is 0. The molecule has 0 bridgehead atoms. The number of nitrogens with one attached hydrogen (secondary N) is 3. The largest absolute Gasteiger partial charge is 0.349 e. The predicted octanol–water partition coefficient (Wildman–Crippen LogP) is 2.02. The van der Waals surface area contributed by atoms with Crippen LogP contribution in [0.1, 0.15) is 18.7 Å². The Hall–Kier alpha value is -1.30. The molecule has 1 amide bonds. The number of hydrogen-bond donors (Lipinski definition) is 3. The summed E-state index contributed by atoms with van der Waals surface area (Å²) in [6.45, 7) is 1.31. The Morgan fingerprint density at radius 2 is 2.05 bits per heavy atom. The fourth-order valence-electron chi connectivity index (χ4n) is 1.79. The molecule has 5 nitrogen and oxygen atoms in total. The van der Waals surface area contributed by atoms with Crippen molar-refractivity contribution in [3.63, 3.8) is 0 Å². The van der Waals surface area contributed by atoms with E-state index in [4.69, 9.17) is 0 Å². The molecule has 1 aromatic heterocycles. The van der Waals surface area contributed by atoms with Gasteiger partial charge in [0.25, 0.3) is 0 Å². The Labute approximate surface area is 130 Å². The Morgan fingerprint density at radius 3 is 2.75 bits per heavy atom. The highest BCUT2D eigenvalue weighted by atomic mass is 35.5. The molecule has 1 aromatic carbocycles. The fourth-order valence-corrected chi connectivity index (χ4v) is 1.79. The number of amides is 1. The van der Waals surface area contributed by atoms with E-state index in [9.17, 15) is 4.79 Å². The first-order valence-corrected chi connectivity index (χ1v) is 6.14. The number of rotatable bonds is 6. The maximum Gasteiger partial charge on any atom is 0.220 e. The van der Waals surface area contributed by atoms with E-state index >= 15 is 0 Å². The lowest BCUT2D eigenvalue weighted by atomic mass is 10.3. The van der Waals surface area contributed by atoms with Gasteiger partial charge in [-0.15, -0.1) is 24.8 Å². The third-order valence-electron chi connectivity index (χ3n) is 2.72. The van der Waals surface area contributed by atoms with E-state index in [1.165, 1.54) is 0 Å².